The molecule has 1 saturated heterocycles. The lowest BCUT2D eigenvalue weighted by Gasteiger charge is -2.10. The molecule has 19 heavy (non-hydrogen) atoms. The number of ether oxygens (including phenoxy) is 1. The minimum atomic E-state index is 0.319. The summed E-state index contributed by atoms with van der Waals surface area (Å²) < 4.78 is 9.08. The first-order valence-electron chi connectivity index (χ1n) is 6.64. The van der Waals surface area contributed by atoms with Crippen LogP contribution in [0, 0.1) is 3.57 Å². The lowest BCUT2D eigenvalue weighted by molar-refractivity contribution is 0.0437. The van der Waals surface area contributed by atoms with Crippen molar-refractivity contribution < 1.29 is 4.74 Å². The van der Waals surface area contributed by atoms with Crippen LogP contribution in [0.25, 0.3) is 11.1 Å². The molecule has 1 aliphatic heterocycles. The third-order valence-electron chi connectivity index (χ3n) is 3.52. The van der Waals surface area contributed by atoms with E-state index in [1.165, 1.54) is 14.7 Å². The Morgan fingerprint density at radius 2 is 2.05 bits per heavy atom. The molecule has 1 aromatic heterocycles. The van der Waals surface area contributed by atoms with Gasteiger partial charge in [0.1, 0.15) is 0 Å². The van der Waals surface area contributed by atoms with E-state index < -0.39 is 0 Å². The molecule has 100 valence electrons. The zero-order chi connectivity index (χ0) is 13.2. The maximum Gasteiger partial charge on any atom is 0.0775 e. The van der Waals surface area contributed by atoms with Gasteiger partial charge < -0.3 is 4.74 Å². The highest BCUT2D eigenvalue weighted by Gasteiger charge is 2.22. The number of aromatic nitrogens is 2. The average molecular weight is 368 g/mol. The predicted octanol–water partition coefficient (Wildman–Crippen LogP) is 3.72. The molecule has 0 aliphatic carbocycles. The normalized spacial score (nSPS) is 22.8. The van der Waals surface area contributed by atoms with E-state index in [1.807, 2.05) is 10.9 Å². The molecular formula is C15H17IN2O. The molecule has 1 aliphatic rings. The molecule has 0 spiro atoms. The van der Waals surface area contributed by atoms with E-state index in [4.69, 9.17) is 4.74 Å². The summed E-state index contributed by atoms with van der Waals surface area (Å²) >= 11 is 2.32. The van der Waals surface area contributed by atoms with E-state index in [0.29, 0.717) is 12.2 Å². The number of hydrogen-bond donors (Lipinski definition) is 0. The molecule has 2 atom stereocenters. The van der Waals surface area contributed by atoms with Crippen LogP contribution < -0.4 is 0 Å². The summed E-state index contributed by atoms with van der Waals surface area (Å²) in [4.78, 5) is 0. The lowest BCUT2D eigenvalue weighted by Crippen LogP contribution is -2.16. The first kappa shape index (κ1) is 13.1. The highest BCUT2D eigenvalue weighted by atomic mass is 127. The topological polar surface area (TPSA) is 27.1 Å². The Morgan fingerprint density at radius 1 is 1.26 bits per heavy atom. The minimum Gasteiger partial charge on any atom is -0.373 e. The van der Waals surface area contributed by atoms with Gasteiger partial charge in [-0.2, -0.15) is 5.10 Å². The molecule has 3 nitrogen and oxygen atoms in total. The molecule has 1 aromatic carbocycles. The molecule has 1 fully saturated rings. The van der Waals surface area contributed by atoms with Crippen molar-refractivity contribution in [1.29, 1.82) is 0 Å². The van der Waals surface area contributed by atoms with Gasteiger partial charge in [-0.15, -0.1) is 0 Å². The van der Waals surface area contributed by atoms with Gasteiger partial charge in [-0.3, -0.25) is 4.68 Å². The first-order valence-corrected chi connectivity index (χ1v) is 7.72. The second-order valence-corrected chi connectivity index (χ2v) is 6.35. The quantitative estimate of drug-likeness (QED) is 0.773. The fourth-order valence-corrected chi connectivity index (χ4v) is 2.84. The Kier molecular flexibility index (Phi) is 3.88. The average Bonchev–Trinajstić information content (AvgIpc) is 3.00. The van der Waals surface area contributed by atoms with Gasteiger partial charge in [-0.1, -0.05) is 12.1 Å². The minimum absolute atomic E-state index is 0.319. The van der Waals surface area contributed by atoms with Gasteiger partial charge in [0.05, 0.1) is 24.9 Å². The van der Waals surface area contributed by atoms with Crippen LogP contribution in [0.4, 0.5) is 0 Å². The van der Waals surface area contributed by atoms with Gasteiger partial charge in [0.2, 0.25) is 0 Å². The van der Waals surface area contributed by atoms with E-state index >= 15 is 0 Å². The van der Waals surface area contributed by atoms with Crippen molar-refractivity contribution in [3.05, 3.63) is 40.2 Å². The maximum absolute atomic E-state index is 5.83. The zero-order valence-corrected chi connectivity index (χ0v) is 13.1. The summed E-state index contributed by atoms with van der Waals surface area (Å²) in [6.45, 7) is 2.99. The Hall–Kier alpha value is -0.880. The first-order chi connectivity index (χ1) is 9.20. The SMILES string of the molecule is CC1CCC(Cn2cc(-c3ccc(I)cc3)cn2)O1. The number of nitrogens with zero attached hydrogens (tertiary/aromatic N) is 2. The van der Waals surface area contributed by atoms with Gasteiger partial charge in [0, 0.05) is 15.3 Å². The lowest BCUT2D eigenvalue weighted by atomic mass is 10.1. The van der Waals surface area contributed by atoms with Gasteiger partial charge in [-0.25, -0.2) is 0 Å². The Balaban J connectivity index is 1.71. The maximum atomic E-state index is 5.83. The molecule has 0 radical (unpaired) electrons. The summed E-state index contributed by atoms with van der Waals surface area (Å²) in [5.74, 6) is 0. The molecule has 3 rings (SSSR count). The smallest absolute Gasteiger partial charge is 0.0775 e. The molecular weight excluding hydrogens is 351 g/mol. The molecule has 0 N–H and O–H groups in total. The van der Waals surface area contributed by atoms with Crippen molar-refractivity contribution in [2.45, 2.75) is 38.5 Å². The van der Waals surface area contributed by atoms with Gasteiger partial charge in [0.15, 0.2) is 0 Å². The monoisotopic (exact) mass is 368 g/mol. The van der Waals surface area contributed by atoms with Crippen molar-refractivity contribution in [3.63, 3.8) is 0 Å². The van der Waals surface area contributed by atoms with Crippen LogP contribution in [0.3, 0.4) is 0 Å². The summed E-state index contributed by atoms with van der Waals surface area (Å²) in [6, 6.07) is 8.51. The summed E-state index contributed by atoms with van der Waals surface area (Å²) in [7, 11) is 0. The molecule has 2 heterocycles. The van der Waals surface area contributed by atoms with Crippen LogP contribution in [0.15, 0.2) is 36.7 Å². The predicted molar refractivity (Wildman–Crippen MR) is 83.9 cm³/mol. The second-order valence-electron chi connectivity index (χ2n) is 5.10. The van der Waals surface area contributed by atoms with E-state index in [0.717, 1.165) is 19.4 Å². The summed E-state index contributed by atoms with van der Waals surface area (Å²) in [6.07, 6.45) is 7.06. The highest BCUT2D eigenvalue weighted by Crippen LogP contribution is 2.22. The van der Waals surface area contributed by atoms with Gasteiger partial charge in [0.25, 0.3) is 0 Å². The van der Waals surface area contributed by atoms with E-state index in [-0.39, 0.29) is 0 Å². The van der Waals surface area contributed by atoms with E-state index in [1.54, 1.807) is 0 Å². The highest BCUT2D eigenvalue weighted by molar-refractivity contribution is 14.1. The van der Waals surface area contributed by atoms with Crippen LogP contribution >= 0.6 is 22.6 Å². The van der Waals surface area contributed by atoms with Crippen LogP contribution in [0.5, 0.6) is 0 Å². The molecule has 0 bridgehead atoms. The van der Waals surface area contributed by atoms with Crippen molar-refractivity contribution in [3.8, 4) is 11.1 Å². The molecule has 0 amide bonds. The van der Waals surface area contributed by atoms with Crippen LogP contribution in [0.2, 0.25) is 0 Å². The summed E-state index contributed by atoms with van der Waals surface area (Å²) in [5.41, 5.74) is 2.38. The van der Waals surface area contributed by atoms with Crippen LogP contribution in [-0.2, 0) is 11.3 Å². The number of hydrogen-bond acceptors (Lipinski definition) is 2. The third kappa shape index (κ3) is 3.17. The third-order valence-corrected chi connectivity index (χ3v) is 4.24. The van der Waals surface area contributed by atoms with Crippen LogP contribution in [-0.4, -0.2) is 22.0 Å². The Labute approximate surface area is 127 Å². The molecule has 0 saturated carbocycles. The molecule has 2 aromatic rings. The van der Waals surface area contributed by atoms with Crippen molar-refractivity contribution >= 4 is 22.6 Å². The van der Waals surface area contributed by atoms with Crippen molar-refractivity contribution in [2.75, 3.05) is 0 Å². The summed E-state index contributed by atoms with van der Waals surface area (Å²) in [5, 5.41) is 4.44. The molecule has 2 unspecified atom stereocenters. The van der Waals surface area contributed by atoms with Crippen molar-refractivity contribution in [1.82, 2.24) is 9.78 Å². The number of benzene rings is 1. The molecule has 4 heteroatoms. The zero-order valence-electron chi connectivity index (χ0n) is 10.9. The van der Waals surface area contributed by atoms with Gasteiger partial charge in [-0.05, 0) is 60.1 Å². The van der Waals surface area contributed by atoms with E-state index in [2.05, 4.69) is 65.1 Å². The Bertz CT molecular complexity index is 550. The fourth-order valence-electron chi connectivity index (χ4n) is 2.48. The Morgan fingerprint density at radius 3 is 2.74 bits per heavy atom. The number of rotatable bonds is 3. The largest absolute Gasteiger partial charge is 0.373 e. The fraction of sp³-hybridized carbons (Fsp3) is 0.400. The van der Waals surface area contributed by atoms with Gasteiger partial charge >= 0.3 is 0 Å². The standard InChI is InChI=1S/C15H17IN2O/c1-11-2-7-15(19-11)10-18-9-13(8-17-18)12-3-5-14(16)6-4-12/h3-6,8-9,11,15H,2,7,10H2,1H3. The van der Waals surface area contributed by atoms with Crippen LogP contribution in [0.1, 0.15) is 19.8 Å². The second kappa shape index (κ2) is 5.63. The van der Waals surface area contributed by atoms with Crippen molar-refractivity contribution in [2.24, 2.45) is 0 Å². The number of halogens is 1. The van der Waals surface area contributed by atoms with E-state index in [9.17, 15) is 0 Å².